The molecule has 8 fully saturated rings. The average Bonchev–Trinajstić information content (AvgIpc) is 3.26. The molecule has 0 aromatic carbocycles. The predicted molar refractivity (Wildman–Crippen MR) is 157 cm³/mol. The fraction of sp³-hybridized carbons (Fsp3) is 0.943. The molecule has 0 radical (unpaired) electrons. The maximum absolute atomic E-state index is 13.8. The van der Waals surface area contributed by atoms with Crippen molar-refractivity contribution in [3.05, 3.63) is 0 Å². The van der Waals surface area contributed by atoms with Crippen LogP contribution in [0.2, 0.25) is 0 Å². The Hall–Kier alpha value is -1.14. The van der Waals surface area contributed by atoms with Gasteiger partial charge in [-0.15, -0.1) is 0 Å². The van der Waals surface area contributed by atoms with E-state index in [0.717, 1.165) is 82.0 Å². The number of aliphatic hydroxyl groups excluding tert-OH is 2. The molecule has 4 N–H and O–H groups in total. The highest BCUT2D eigenvalue weighted by Crippen LogP contribution is 2.68. The molecular formula is C35H55NO5. The monoisotopic (exact) mass is 569 g/mol. The summed E-state index contributed by atoms with van der Waals surface area (Å²) in [7, 11) is 0. The summed E-state index contributed by atoms with van der Waals surface area (Å²) in [6.45, 7) is 6.87. The number of fused-ring (bicyclic) bond motifs is 5. The zero-order valence-electron chi connectivity index (χ0n) is 25.7. The molecule has 6 nitrogen and oxygen atoms in total. The van der Waals surface area contributed by atoms with Crippen molar-refractivity contribution in [2.45, 2.75) is 135 Å². The number of nitrogens with one attached hydrogen (secondary N) is 1. The molecule has 0 spiro atoms. The molecule has 0 aliphatic heterocycles. The Bertz CT molecular complexity index is 1020. The number of rotatable bonds is 6. The molecule has 8 aliphatic rings. The molecule has 8 rings (SSSR count). The molecule has 11 atom stereocenters. The summed E-state index contributed by atoms with van der Waals surface area (Å²) >= 11 is 0. The molecule has 8 saturated carbocycles. The summed E-state index contributed by atoms with van der Waals surface area (Å²) in [4.78, 5) is 25.1. The number of carbonyl (C=O) groups is 2. The lowest BCUT2D eigenvalue weighted by Crippen LogP contribution is -2.63. The van der Waals surface area contributed by atoms with Gasteiger partial charge >= 0.3 is 5.97 Å². The molecule has 1 amide bonds. The minimum Gasteiger partial charge on any atom is -0.481 e. The maximum atomic E-state index is 13.8. The van der Waals surface area contributed by atoms with Gasteiger partial charge in [0.05, 0.1) is 12.2 Å². The summed E-state index contributed by atoms with van der Waals surface area (Å²) in [5, 5.41) is 36.5. The summed E-state index contributed by atoms with van der Waals surface area (Å²) in [6, 6.07) is 0.210. The van der Waals surface area contributed by atoms with Gasteiger partial charge in [-0.1, -0.05) is 20.8 Å². The van der Waals surface area contributed by atoms with Gasteiger partial charge in [-0.2, -0.15) is 0 Å². The number of carbonyl (C=O) groups excluding carboxylic acids is 1. The zero-order valence-corrected chi connectivity index (χ0v) is 25.7. The first-order valence-electron chi connectivity index (χ1n) is 17.3. The van der Waals surface area contributed by atoms with Crippen molar-refractivity contribution < 1.29 is 24.9 Å². The van der Waals surface area contributed by atoms with Gasteiger partial charge in [0, 0.05) is 17.9 Å². The number of aliphatic carboxylic acids is 1. The lowest BCUT2D eigenvalue weighted by molar-refractivity contribution is -0.203. The van der Waals surface area contributed by atoms with Gasteiger partial charge in [-0.25, -0.2) is 0 Å². The van der Waals surface area contributed by atoms with Crippen molar-refractivity contribution in [3.63, 3.8) is 0 Å². The topological polar surface area (TPSA) is 107 Å². The Balaban J connectivity index is 1.05. The van der Waals surface area contributed by atoms with Gasteiger partial charge in [0.2, 0.25) is 5.91 Å². The highest BCUT2D eigenvalue weighted by molar-refractivity contribution is 5.83. The number of amides is 1. The first-order valence-corrected chi connectivity index (χ1v) is 17.3. The normalized spacial score (nSPS) is 54.1. The van der Waals surface area contributed by atoms with Gasteiger partial charge in [0.1, 0.15) is 0 Å². The maximum Gasteiger partial charge on any atom is 0.303 e. The van der Waals surface area contributed by atoms with E-state index in [1.165, 1.54) is 19.3 Å². The number of hydrogen-bond donors (Lipinski definition) is 4. The minimum absolute atomic E-state index is 0.0845. The van der Waals surface area contributed by atoms with Crippen LogP contribution in [0.3, 0.4) is 0 Å². The fourth-order valence-corrected chi connectivity index (χ4v) is 13.6. The SMILES string of the molecule is C[C@H](CCC(=O)O)[C@H]1CC[C@H]2[C@@H]3[C@H](O)C[C@@H]4C[C@@H](NC(=O)C56CC7CC(CC(C7)C5)C6)CC[C@]4(C)[C@H]3C[C@H](O)[C@]12C. The average molecular weight is 570 g/mol. The first kappa shape index (κ1) is 28.6. The smallest absolute Gasteiger partial charge is 0.303 e. The van der Waals surface area contributed by atoms with E-state index in [0.29, 0.717) is 30.1 Å². The van der Waals surface area contributed by atoms with Crippen LogP contribution in [0.25, 0.3) is 0 Å². The van der Waals surface area contributed by atoms with Crippen molar-refractivity contribution in [2.24, 2.45) is 69.5 Å². The molecule has 0 aromatic rings. The Morgan fingerprint density at radius 1 is 0.878 bits per heavy atom. The first-order chi connectivity index (χ1) is 19.4. The third-order valence-corrected chi connectivity index (χ3v) is 15.2. The van der Waals surface area contributed by atoms with Gasteiger partial charge < -0.3 is 20.6 Å². The van der Waals surface area contributed by atoms with E-state index in [-0.39, 0.29) is 52.6 Å². The molecule has 41 heavy (non-hydrogen) atoms. The molecule has 4 bridgehead atoms. The van der Waals surface area contributed by atoms with Crippen LogP contribution in [0.5, 0.6) is 0 Å². The van der Waals surface area contributed by atoms with E-state index in [1.54, 1.807) is 0 Å². The van der Waals surface area contributed by atoms with Crippen molar-refractivity contribution in [1.82, 2.24) is 5.32 Å². The Kier molecular flexibility index (Phi) is 6.94. The highest BCUT2D eigenvalue weighted by Gasteiger charge is 2.66. The number of hydrogen-bond acceptors (Lipinski definition) is 4. The molecule has 8 aliphatic carbocycles. The van der Waals surface area contributed by atoms with Gasteiger partial charge in [0.15, 0.2) is 0 Å². The fourth-order valence-electron chi connectivity index (χ4n) is 13.6. The summed E-state index contributed by atoms with van der Waals surface area (Å²) in [5.41, 5.74) is -0.279. The summed E-state index contributed by atoms with van der Waals surface area (Å²) in [6.07, 6.45) is 14.1. The van der Waals surface area contributed by atoms with Gasteiger partial charge in [0.25, 0.3) is 0 Å². The Labute approximate surface area is 246 Å². The standard InChI is InChI=1S/C35H55NO5/c1-19(4-7-30(39)40)25-5-6-26-31-27(15-29(38)34(25,26)3)33(2)9-8-24(13-23(33)14-28(31)37)36-32(41)35-16-20-10-21(17-35)12-22(11-20)18-35/h19-29,31,37-38H,4-18H2,1-3H3,(H,36,41)(H,39,40)/t19-,20?,21?,22?,23+,24+,25-,26+,27+,28-,29+,31+,33+,34-,35?/m1/s1. The van der Waals surface area contributed by atoms with Crippen LogP contribution in [0.4, 0.5) is 0 Å². The Morgan fingerprint density at radius 3 is 2.17 bits per heavy atom. The summed E-state index contributed by atoms with van der Waals surface area (Å²) in [5.74, 6) is 3.64. The third kappa shape index (κ3) is 4.37. The van der Waals surface area contributed by atoms with Crippen LogP contribution in [-0.4, -0.2) is 45.4 Å². The van der Waals surface area contributed by atoms with Crippen molar-refractivity contribution >= 4 is 11.9 Å². The molecule has 0 aromatic heterocycles. The van der Waals surface area contributed by atoms with Crippen LogP contribution in [-0.2, 0) is 9.59 Å². The quantitative estimate of drug-likeness (QED) is 0.324. The molecule has 0 heterocycles. The van der Waals surface area contributed by atoms with Crippen LogP contribution >= 0.6 is 0 Å². The lowest BCUT2D eigenvalue weighted by Gasteiger charge is -2.64. The molecular weight excluding hydrogens is 514 g/mol. The summed E-state index contributed by atoms with van der Waals surface area (Å²) < 4.78 is 0. The van der Waals surface area contributed by atoms with Crippen molar-refractivity contribution in [1.29, 1.82) is 0 Å². The number of carboxylic acid groups (broad SMARTS) is 1. The van der Waals surface area contributed by atoms with E-state index in [4.69, 9.17) is 0 Å². The van der Waals surface area contributed by atoms with E-state index < -0.39 is 12.1 Å². The molecule has 0 unspecified atom stereocenters. The highest BCUT2D eigenvalue weighted by atomic mass is 16.4. The molecule has 6 heteroatoms. The van der Waals surface area contributed by atoms with Crippen LogP contribution < -0.4 is 5.32 Å². The predicted octanol–water partition coefficient (Wildman–Crippen LogP) is 5.79. The second-order valence-corrected chi connectivity index (χ2v) is 17.1. The second kappa shape index (κ2) is 9.94. The van der Waals surface area contributed by atoms with E-state index in [9.17, 15) is 24.9 Å². The lowest BCUT2D eigenvalue weighted by atomic mass is 9.43. The van der Waals surface area contributed by atoms with E-state index in [1.807, 2.05) is 0 Å². The number of carboxylic acids is 1. The largest absolute Gasteiger partial charge is 0.481 e. The molecule has 230 valence electrons. The van der Waals surface area contributed by atoms with Crippen molar-refractivity contribution in [2.75, 3.05) is 0 Å². The van der Waals surface area contributed by atoms with Crippen LogP contribution in [0, 0.1) is 69.5 Å². The van der Waals surface area contributed by atoms with E-state index >= 15 is 0 Å². The zero-order chi connectivity index (χ0) is 28.9. The third-order valence-electron chi connectivity index (χ3n) is 15.2. The van der Waals surface area contributed by atoms with E-state index in [2.05, 4.69) is 26.1 Å². The minimum atomic E-state index is -0.743. The van der Waals surface area contributed by atoms with Crippen LogP contribution in [0.15, 0.2) is 0 Å². The second-order valence-electron chi connectivity index (χ2n) is 17.1. The van der Waals surface area contributed by atoms with Gasteiger partial charge in [-0.3, -0.25) is 9.59 Å². The van der Waals surface area contributed by atoms with Crippen molar-refractivity contribution in [3.8, 4) is 0 Å². The number of aliphatic hydroxyl groups is 2. The molecule has 0 saturated heterocycles. The van der Waals surface area contributed by atoms with Gasteiger partial charge in [-0.05, 0) is 154 Å². The van der Waals surface area contributed by atoms with Crippen LogP contribution in [0.1, 0.15) is 117 Å². The Morgan fingerprint density at radius 2 is 1.54 bits per heavy atom.